The number of ether oxygens (including phenoxy) is 1. The maximum absolute atomic E-state index is 9.08. The summed E-state index contributed by atoms with van der Waals surface area (Å²) in [5.41, 5.74) is 7.17. The van der Waals surface area contributed by atoms with Gasteiger partial charge in [0.15, 0.2) is 6.10 Å². The number of hydrogen-bond donors (Lipinski definition) is 1. The fourth-order valence-corrected chi connectivity index (χ4v) is 1.81. The largest absolute Gasteiger partial charge is 0.362 e. The maximum Gasteiger partial charge on any atom is 0.159 e. The van der Waals surface area contributed by atoms with Crippen molar-refractivity contribution >= 4 is 0 Å². The maximum atomic E-state index is 9.08. The summed E-state index contributed by atoms with van der Waals surface area (Å²) in [4.78, 5) is 0. The van der Waals surface area contributed by atoms with Gasteiger partial charge < -0.3 is 10.5 Å². The van der Waals surface area contributed by atoms with Crippen LogP contribution in [-0.2, 0) is 11.2 Å². The lowest BCUT2D eigenvalue weighted by Crippen LogP contribution is -2.37. The molecule has 1 rings (SSSR count). The molecule has 0 aliphatic heterocycles. The Balaban J connectivity index is 2.38. The van der Waals surface area contributed by atoms with Crippen LogP contribution in [-0.4, -0.2) is 18.8 Å². The molecule has 0 saturated heterocycles. The van der Waals surface area contributed by atoms with E-state index < -0.39 is 6.10 Å². The van der Waals surface area contributed by atoms with Crippen molar-refractivity contribution < 1.29 is 4.74 Å². The number of unbranched alkanes of at least 4 members (excludes halogenated alkanes) is 2. The highest BCUT2D eigenvalue weighted by Crippen LogP contribution is 2.07. The third-order valence-electron chi connectivity index (χ3n) is 2.88. The highest BCUT2D eigenvalue weighted by molar-refractivity contribution is 5.16. The van der Waals surface area contributed by atoms with Gasteiger partial charge in [0.25, 0.3) is 0 Å². The molecule has 3 nitrogen and oxygen atoms in total. The quantitative estimate of drug-likeness (QED) is 0.717. The van der Waals surface area contributed by atoms with Gasteiger partial charge in [-0.3, -0.25) is 0 Å². The summed E-state index contributed by atoms with van der Waals surface area (Å²) in [6.07, 6.45) is 3.43. The van der Waals surface area contributed by atoms with Gasteiger partial charge in [-0.15, -0.1) is 0 Å². The van der Waals surface area contributed by atoms with Gasteiger partial charge in [0, 0.05) is 12.6 Å². The molecule has 3 heteroatoms. The van der Waals surface area contributed by atoms with E-state index >= 15 is 0 Å². The molecule has 18 heavy (non-hydrogen) atoms. The first-order chi connectivity index (χ1) is 8.77. The monoisotopic (exact) mass is 246 g/mol. The van der Waals surface area contributed by atoms with E-state index in [1.165, 1.54) is 0 Å². The number of nitrogens with zero attached hydrogens (tertiary/aromatic N) is 1. The predicted octanol–water partition coefficient (Wildman–Crippen LogP) is 2.66. The summed E-state index contributed by atoms with van der Waals surface area (Å²) in [6, 6.07) is 11.9. The van der Waals surface area contributed by atoms with E-state index in [-0.39, 0.29) is 6.04 Å². The Morgan fingerprint density at radius 3 is 2.61 bits per heavy atom. The van der Waals surface area contributed by atoms with Crippen LogP contribution in [0.3, 0.4) is 0 Å². The third-order valence-corrected chi connectivity index (χ3v) is 2.88. The molecule has 2 atom stereocenters. The Morgan fingerprint density at radius 2 is 2.00 bits per heavy atom. The summed E-state index contributed by atoms with van der Waals surface area (Å²) >= 11 is 0. The second-order valence-electron chi connectivity index (χ2n) is 4.48. The third kappa shape index (κ3) is 5.31. The molecule has 98 valence electrons. The highest BCUT2D eigenvalue weighted by atomic mass is 16.5. The van der Waals surface area contributed by atoms with E-state index in [9.17, 15) is 0 Å². The zero-order valence-corrected chi connectivity index (χ0v) is 11.0. The Bertz CT molecular complexity index is 359. The van der Waals surface area contributed by atoms with Gasteiger partial charge in [0.05, 0.1) is 6.07 Å². The lowest BCUT2D eigenvalue weighted by molar-refractivity contribution is 0.0698. The molecule has 0 bridgehead atoms. The van der Waals surface area contributed by atoms with Gasteiger partial charge >= 0.3 is 0 Å². The van der Waals surface area contributed by atoms with Gasteiger partial charge in [-0.2, -0.15) is 5.26 Å². The number of hydrogen-bond acceptors (Lipinski definition) is 3. The van der Waals surface area contributed by atoms with E-state index in [1.807, 2.05) is 30.3 Å². The second kappa shape index (κ2) is 8.68. The number of nitrogens with two attached hydrogens (primary N) is 1. The van der Waals surface area contributed by atoms with Crippen molar-refractivity contribution in [3.05, 3.63) is 35.9 Å². The molecule has 1 aromatic carbocycles. The van der Waals surface area contributed by atoms with Crippen molar-refractivity contribution in [1.82, 2.24) is 0 Å². The molecular formula is C15H22N2O. The Hall–Kier alpha value is -1.37. The van der Waals surface area contributed by atoms with Crippen LogP contribution < -0.4 is 5.73 Å². The van der Waals surface area contributed by atoms with Crippen LogP contribution in [0.5, 0.6) is 0 Å². The van der Waals surface area contributed by atoms with Crippen molar-refractivity contribution in [2.24, 2.45) is 5.73 Å². The summed E-state index contributed by atoms with van der Waals surface area (Å²) < 4.78 is 5.54. The molecule has 0 radical (unpaired) electrons. The number of rotatable bonds is 8. The number of benzene rings is 1. The van der Waals surface area contributed by atoms with E-state index in [0.29, 0.717) is 13.0 Å². The average molecular weight is 246 g/mol. The molecule has 0 saturated carbocycles. The van der Waals surface area contributed by atoms with Crippen molar-refractivity contribution in [1.29, 1.82) is 5.26 Å². The average Bonchev–Trinajstić information content (AvgIpc) is 2.40. The molecule has 0 aliphatic carbocycles. The van der Waals surface area contributed by atoms with Crippen LogP contribution in [0, 0.1) is 11.3 Å². The molecule has 0 heterocycles. The topological polar surface area (TPSA) is 59.0 Å². The molecule has 0 unspecified atom stereocenters. The van der Waals surface area contributed by atoms with Crippen LogP contribution in [0.15, 0.2) is 30.3 Å². The summed E-state index contributed by atoms with van der Waals surface area (Å²) in [5.74, 6) is 0. The summed E-state index contributed by atoms with van der Waals surface area (Å²) in [6.45, 7) is 2.76. The van der Waals surface area contributed by atoms with Crippen LogP contribution in [0.2, 0.25) is 0 Å². The molecular weight excluding hydrogens is 224 g/mol. The van der Waals surface area contributed by atoms with Crippen LogP contribution in [0.4, 0.5) is 0 Å². The first-order valence-corrected chi connectivity index (χ1v) is 6.58. The first-order valence-electron chi connectivity index (χ1n) is 6.58. The highest BCUT2D eigenvalue weighted by Gasteiger charge is 2.17. The van der Waals surface area contributed by atoms with Gasteiger partial charge in [-0.25, -0.2) is 0 Å². The molecule has 2 N–H and O–H groups in total. The first kappa shape index (κ1) is 14.7. The zero-order chi connectivity index (χ0) is 13.2. The predicted molar refractivity (Wildman–Crippen MR) is 73.0 cm³/mol. The van der Waals surface area contributed by atoms with E-state index in [2.05, 4.69) is 13.0 Å². The minimum Gasteiger partial charge on any atom is -0.362 e. The Kier molecular flexibility index (Phi) is 7.09. The summed E-state index contributed by atoms with van der Waals surface area (Å²) in [7, 11) is 0. The van der Waals surface area contributed by atoms with Crippen molar-refractivity contribution in [3.8, 4) is 6.07 Å². The zero-order valence-electron chi connectivity index (χ0n) is 11.0. The standard InChI is InChI=1S/C15H22N2O/c1-2-3-7-10-18-15(12-16)14(17)11-13-8-5-4-6-9-13/h4-6,8-9,14-15H,2-3,7,10-11,17H2,1H3/t14-,15-/m1/s1. The van der Waals surface area contributed by atoms with E-state index in [0.717, 1.165) is 24.8 Å². The lowest BCUT2D eigenvalue weighted by atomic mass is 10.0. The normalized spacial score (nSPS) is 13.8. The molecule has 0 aromatic heterocycles. The van der Waals surface area contributed by atoms with Gasteiger partial charge in [-0.05, 0) is 18.4 Å². The van der Waals surface area contributed by atoms with Gasteiger partial charge in [-0.1, -0.05) is 50.1 Å². The van der Waals surface area contributed by atoms with E-state index in [1.54, 1.807) is 0 Å². The van der Waals surface area contributed by atoms with Crippen LogP contribution in [0.25, 0.3) is 0 Å². The minimum atomic E-state index is -0.512. The molecule has 0 aliphatic rings. The van der Waals surface area contributed by atoms with Crippen molar-refractivity contribution in [2.75, 3.05) is 6.61 Å². The second-order valence-corrected chi connectivity index (χ2v) is 4.48. The van der Waals surface area contributed by atoms with Crippen molar-refractivity contribution in [3.63, 3.8) is 0 Å². The summed E-state index contributed by atoms with van der Waals surface area (Å²) in [5, 5.41) is 9.08. The van der Waals surface area contributed by atoms with Gasteiger partial charge in [0.1, 0.15) is 0 Å². The van der Waals surface area contributed by atoms with Gasteiger partial charge in [0.2, 0.25) is 0 Å². The Labute approximate surface area is 110 Å². The SMILES string of the molecule is CCCCCO[C@H](C#N)[C@H](N)Cc1ccccc1. The number of nitriles is 1. The molecule has 0 spiro atoms. The van der Waals surface area contributed by atoms with E-state index in [4.69, 9.17) is 15.7 Å². The molecule has 1 aromatic rings. The van der Waals surface area contributed by atoms with Crippen molar-refractivity contribution in [2.45, 2.75) is 44.8 Å². The van der Waals surface area contributed by atoms with Crippen LogP contribution in [0.1, 0.15) is 31.7 Å². The molecule has 0 amide bonds. The minimum absolute atomic E-state index is 0.265. The van der Waals surface area contributed by atoms with Crippen LogP contribution >= 0.6 is 0 Å². The molecule has 0 fully saturated rings. The smallest absolute Gasteiger partial charge is 0.159 e. The lowest BCUT2D eigenvalue weighted by Gasteiger charge is -2.18. The fraction of sp³-hybridized carbons (Fsp3) is 0.533. The fourth-order valence-electron chi connectivity index (χ4n) is 1.81. The Morgan fingerprint density at radius 1 is 1.28 bits per heavy atom.